The molecule has 7 heteroatoms. The number of rotatable bonds is 6. The molecule has 2 aliphatic heterocycles. The Labute approximate surface area is 118 Å². The van der Waals surface area contributed by atoms with E-state index in [1.165, 1.54) is 6.92 Å². The van der Waals surface area contributed by atoms with Crippen LogP contribution in [0, 0.1) is 0 Å². The summed E-state index contributed by atoms with van der Waals surface area (Å²) in [6.45, 7) is 4.27. The van der Waals surface area contributed by atoms with Gasteiger partial charge in [0.2, 0.25) is 5.91 Å². The lowest BCUT2D eigenvalue weighted by Crippen LogP contribution is -2.66. The van der Waals surface area contributed by atoms with Gasteiger partial charge in [0.15, 0.2) is 6.29 Å². The van der Waals surface area contributed by atoms with Gasteiger partial charge in [-0.1, -0.05) is 13.3 Å². The molecule has 1 amide bonds. The van der Waals surface area contributed by atoms with Crippen molar-refractivity contribution in [2.75, 3.05) is 19.8 Å². The standard InChI is InChI=1S/C13H23NO6/c1-3-4-5-18-6-13-7-19-12(20-13)9(14-8(2)15)10(16)11(13)17/h9-12,16-17H,3-7H2,1-2H3,(H,14,15)/t9-,10-,11-,12-,13+/m1/s1. The van der Waals surface area contributed by atoms with Crippen LogP contribution in [0.1, 0.15) is 26.7 Å². The highest BCUT2D eigenvalue weighted by molar-refractivity contribution is 5.73. The van der Waals surface area contributed by atoms with Gasteiger partial charge in [-0.15, -0.1) is 0 Å². The Bertz CT molecular complexity index is 352. The third-order valence-corrected chi connectivity index (χ3v) is 3.72. The highest BCUT2D eigenvalue weighted by Crippen LogP contribution is 2.37. The van der Waals surface area contributed by atoms with Gasteiger partial charge in [0.25, 0.3) is 0 Å². The molecule has 0 aromatic rings. The lowest BCUT2D eigenvalue weighted by Gasteiger charge is -2.42. The molecule has 3 N–H and O–H groups in total. The van der Waals surface area contributed by atoms with E-state index in [1.807, 2.05) is 0 Å². The number of amides is 1. The molecule has 0 spiro atoms. The molecule has 0 aliphatic carbocycles. The largest absolute Gasteiger partial charge is 0.388 e. The Morgan fingerprint density at radius 2 is 2.25 bits per heavy atom. The zero-order valence-corrected chi connectivity index (χ0v) is 11.9. The number of ether oxygens (including phenoxy) is 3. The second-order valence-corrected chi connectivity index (χ2v) is 5.43. The van der Waals surface area contributed by atoms with Gasteiger partial charge < -0.3 is 29.7 Å². The summed E-state index contributed by atoms with van der Waals surface area (Å²) in [5, 5.41) is 23.0. The van der Waals surface area contributed by atoms with E-state index in [9.17, 15) is 15.0 Å². The van der Waals surface area contributed by atoms with Crippen molar-refractivity contribution in [1.82, 2.24) is 5.32 Å². The average molecular weight is 289 g/mol. The Balaban J connectivity index is 1.99. The van der Waals surface area contributed by atoms with Crippen molar-refractivity contribution < 1.29 is 29.2 Å². The van der Waals surface area contributed by atoms with Crippen LogP contribution in [0.2, 0.25) is 0 Å². The minimum Gasteiger partial charge on any atom is -0.388 e. The van der Waals surface area contributed by atoms with Crippen LogP contribution in [0.3, 0.4) is 0 Å². The van der Waals surface area contributed by atoms with Crippen molar-refractivity contribution in [2.45, 2.75) is 56.8 Å². The van der Waals surface area contributed by atoms with Crippen LogP contribution in [0.25, 0.3) is 0 Å². The van der Waals surface area contributed by atoms with Crippen molar-refractivity contribution in [1.29, 1.82) is 0 Å². The number of hydrogen-bond acceptors (Lipinski definition) is 6. The van der Waals surface area contributed by atoms with E-state index in [1.54, 1.807) is 0 Å². The molecule has 0 radical (unpaired) electrons. The van der Waals surface area contributed by atoms with Crippen molar-refractivity contribution in [3.8, 4) is 0 Å². The van der Waals surface area contributed by atoms with E-state index in [0.717, 1.165) is 12.8 Å². The predicted molar refractivity (Wildman–Crippen MR) is 68.9 cm³/mol. The van der Waals surface area contributed by atoms with E-state index in [2.05, 4.69) is 12.2 Å². The van der Waals surface area contributed by atoms with E-state index in [-0.39, 0.29) is 19.1 Å². The number of aliphatic hydroxyl groups is 2. The summed E-state index contributed by atoms with van der Waals surface area (Å²) in [5.41, 5.74) is -1.05. The molecular weight excluding hydrogens is 266 g/mol. The van der Waals surface area contributed by atoms with Crippen molar-refractivity contribution in [3.05, 3.63) is 0 Å². The quantitative estimate of drug-likeness (QED) is 0.551. The second kappa shape index (κ2) is 6.36. The fourth-order valence-electron chi connectivity index (χ4n) is 2.56. The maximum Gasteiger partial charge on any atom is 0.217 e. The summed E-state index contributed by atoms with van der Waals surface area (Å²) in [5.74, 6) is -0.313. The third kappa shape index (κ3) is 2.96. The molecule has 0 unspecified atom stereocenters. The van der Waals surface area contributed by atoms with Crippen LogP contribution < -0.4 is 5.32 Å². The molecule has 2 heterocycles. The van der Waals surface area contributed by atoms with Gasteiger partial charge in [0.05, 0.1) is 13.2 Å². The Kier molecular flexibility index (Phi) is 4.98. The van der Waals surface area contributed by atoms with Crippen LogP contribution in [0.5, 0.6) is 0 Å². The highest BCUT2D eigenvalue weighted by Gasteiger charge is 2.59. The normalized spacial score (nSPS) is 39.8. The molecule has 5 atom stereocenters. The first-order chi connectivity index (χ1) is 9.50. The van der Waals surface area contributed by atoms with Crippen molar-refractivity contribution in [2.24, 2.45) is 0 Å². The fourth-order valence-corrected chi connectivity index (χ4v) is 2.56. The van der Waals surface area contributed by atoms with Crippen LogP contribution >= 0.6 is 0 Å². The van der Waals surface area contributed by atoms with Gasteiger partial charge in [0.1, 0.15) is 23.9 Å². The minimum absolute atomic E-state index is 0.137. The maximum atomic E-state index is 11.1. The van der Waals surface area contributed by atoms with E-state index >= 15 is 0 Å². The lowest BCUT2D eigenvalue weighted by atomic mass is 9.88. The van der Waals surface area contributed by atoms with E-state index < -0.39 is 30.1 Å². The number of carbonyl (C=O) groups is 1. The molecule has 2 saturated heterocycles. The number of hydrogen-bond donors (Lipinski definition) is 3. The second-order valence-electron chi connectivity index (χ2n) is 5.43. The highest BCUT2D eigenvalue weighted by atomic mass is 16.7. The summed E-state index contributed by atoms with van der Waals surface area (Å²) in [6.07, 6.45) is -1.13. The van der Waals surface area contributed by atoms with Gasteiger partial charge in [-0.25, -0.2) is 0 Å². The molecule has 2 aliphatic rings. The summed E-state index contributed by atoms with van der Waals surface area (Å²) in [6, 6.07) is -0.770. The Hall–Kier alpha value is -0.730. The molecule has 0 aromatic carbocycles. The van der Waals surface area contributed by atoms with Crippen molar-refractivity contribution in [3.63, 3.8) is 0 Å². The van der Waals surface area contributed by atoms with Crippen LogP contribution in [-0.2, 0) is 19.0 Å². The Morgan fingerprint density at radius 1 is 1.50 bits per heavy atom. The Morgan fingerprint density at radius 3 is 2.90 bits per heavy atom. The van der Waals surface area contributed by atoms with Gasteiger partial charge in [-0.05, 0) is 6.42 Å². The first kappa shape index (κ1) is 15.7. The maximum absolute atomic E-state index is 11.1. The molecule has 7 nitrogen and oxygen atoms in total. The van der Waals surface area contributed by atoms with Gasteiger partial charge in [0, 0.05) is 13.5 Å². The number of fused-ring (bicyclic) bond motifs is 2. The zero-order valence-electron chi connectivity index (χ0n) is 11.9. The van der Waals surface area contributed by atoms with E-state index in [0.29, 0.717) is 6.61 Å². The molecule has 0 saturated carbocycles. The molecule has 20 heavy (non-hydrogen) atoms. The predicted octanol–water partition coefficient (Wildman–Crippen LogP) is -0.845. The number of aliphatic hydroxyl groups excluding tert-OH is 2. The molecule has 0 aromatic heterocycles. The van der Waals surface area contributed by atoms with Gasteiger partial charge in [-0.2, -0.15) is 0 Å². The van der Waals surface area contributed by atoms with Crippen LogP contribution in [-0.4, -0.2) is 66.1 Å². The number of unbranched alkanes of at least 4 members (excludes halogenated alkanes) is 1. The van der Waals surface area contributed by atoms with Crippen LogP contribution in [0.15, 0.2) is 0 Å². The first-order valence-electron chi connectivity index (χ1n) is 7.00. The number of nitrogens with one attached hydrogen (secondary N) is 1. The summed E-state index contributed by atoms with van der Waals surface area (Å²) in [4.78, 5) is 11.1. The molecule has 2 bridgehead atoms. The zero-order chi connectivity index (χ0) is 14.8. The molecular formula is C13H23NO6. The monoisotopic (exact) mass is 289 g/mol. The SMILES string of the molecule is CCCCOC[C@@]12CO[C@H](O1)[C@H](NC(C)=O)[C@@H](O)[C@H]2O. The summed E-state index contributed by atoms with van der Waals surface area (Å²) < 4.78 is 16.7. The van der Waals surface area contributed by atoms with Crippen LogP contribution in [0.4, 0.5) is 0 Å². The fraction of sp³-hybridized carbons (Fsp3) is 0.923. The van der Waals surface area contributed by atoms with Gasteiger partial charge >= 0.3 is 0 Å². The first-order valence-corrected chi connectivity index (χ1v) is 7.00. The van der Waals surface area contributed by atoms with E-state index in [4.69, 9.17) is 14.2 Å². The molecule has 116 valence electrons. The smallest absolute Gasteiger partial charge is 0.217 e. The van der Waals surface area contributed by atoms with Gasteiger partial charge in [-0.3, -0.25) is 4.79 Å². The topological polar surface area (TPSA) is 97.2 Å². The molecule has 2 fully saturated rings. The lowest BCUT2D eigenvalue weighted by molar-refractivity contribution is -0.237. The third-order valence-electron chi connectivity index (χ3n) is 3.72. The molecule has 2 rings (SSSR count). The summed E-state index contributed by atoms with van der Waals surface area (Å²) >= 11 is 0. The van der Waals surface area contributed by atoms with Crippen molar-refractivity contribution >= 4 is 5.91 Å². The average Bonchev–Trinajstić information content (AvgIpc) is 2.81. The number of carbonyl (C=O) groups excluding carboxylic acids is 1. The summed E-state index contributed by atoms with van der Waals surface area (Å²) in [7, 11) is 0. The minimum atomic E-state index is -1.17.